The number of halogens is 6. The van der Waals surface area contributed by atoms with Crippen molar-refractivity contribution < 1.29 is 34.8 Å². The molecule has 0 radical (unpaired) electrons. The molecule has 108 valence electrons. The Hall–Kier alpha value is -1.45. The molecule has 0 heterocycles. The Morgan fingerprint density at radius 3 is 1.79 bits per heavy atom. The average Bonchev–Trinajstić information content (AvgIpc) is 2.24. The first kappa shape index (κ1) is 15.6. The van der Waals surface area contributed by atoms with Gasteiger partial charge in [-0.3, -0.25) is 0 Å². The zero-order valence-electron chi connectivity index (χ0n) is 9.01. The van der Waals surface area contributed by atoms with Crippen molar-refractivity contribution in [2.24, 2.45) is 0 Å². The molecule has 0 aliphatic rings. The number of hydrogen-bond acceptors (Lipinski definition) is 3. The van der Waals surface area contributed by atoms with Gasteiger partial charge in [0.15, 0.2) is 0 Å². The Balaban J connectivity index is 2.89. The average molecular weight is 307 g/mol. The van der Waals surface area contributed by atoms with Crippen molar-refractivity contribution in [2.75, 3.05) is 11.9 Å². The van der Waals surface area contributed by atoms with Crippen LogP contribution in [0.2, 0.25) is 0 Å². The summed E-state index contributed by atoms with van der Waals surface area (Å²) in [6, 6.07) is 2.82. The second-order valence-corrected chi connectivity index (χ2v) is 5.38. The standard InChI is InChI=1S/C9H7F6NO2S/c10-8(11,12)5-16-6-1-3-7(4-2-6)19(17,18)9(13,14)15/h1-4,16H,5H2. The van der Waals surface area contributed by atoms with Crippen LogP contribution in [0.5, 0.6) is 0 Å². The maximum Gasteiger partial charge on any atom is 0.501 e. The lowest BCUT2D eigenvalue weighted by Crippen LogP contribution is -2.23. The van der Waals surface area contributed by atoms with Crippen LogP contribution in [0.15, 0.2) is 29.2 Å². The molecular formula is C9H7F6NO2S. The van der Waals surface area contributed by atoms with Crippen LogP contribution in [0.1, 0.15) is 0 Å². The van der Waals surface area contributed by atoms with Crippen molar-refractivity contribution in [3.8, 4) is 0 Å². The summed E-state index contributed by atoms with van der Waals surface area (Å²) in [5, 5.41) is 1.90. The van der Waals surface area contributed by atoms with Crippen LogP contribution in [-0.4, -0.2) is 26.6 Å². The molecular weight excluding hydrogens is 300 g/mol. The number of anilines is 1. The Kier molecular flexibility index (Phi) is 4.03. The van der Waals surface area contributed by atoms with Crippen LogP contribution in [-0.2, 0) is 9.84 Å². The van der Waals surface area contributed by atoms with E-state index in [0.29, 0.717) is 12.1 Å². The lowest BCUT2D eigenvalue weighted by Gasteiger charge is -2.11. The summed E-state index contributed by atoms with van der Waals surface area (Å²) < 4.78 is 94.0. The molecule has 0 bridgehead atoms. The van der Waals surface area contributed by atoms with Gasteiger partial charge in [-0.05, 0) is 24.3 Å². The number of rotatable bonds is 3. The smallest absolute Gasteiger partial charge is 0.376 e. The molecule has 0 aliphatic heterocycles. The number of alkyl halides is 6. The lowest BCUT2D eigenvalue weighted by atomic mass is 10.3. The largest absolute Gasteiger partial charge is 0.501 e. The highest BCUT2D eigenvalue weighted by Crippen LogP contribution is 2.30. The molecule has 0 fully saturated rings. The van der Waals surface area contributed by atoms with Crippen LogP contribution in [0.25, 0.3) is 0 Å². The van der Waals surface area contributed by atoms with E-state index in [4.69, 9.17) is 0 Å². The van der Waals surface area contributed by atoms with Gasteiger partial charge in [0.25, 0.3) is 9.84 Å². The normalized spacial score (nSPS) is 13.4. The predicted octanol–water partition coefficient (Wildman–Crippen LogP) is 2.95. The molecule has 19 heavy (non-hydrogen) atoms. The number of hydrogen-bond donors (Lipinski definition) is 1. The summed E-state index contributed by atoms with van der Waals surface area (Å²) >= 11 is 0. The minimum absolute atomic E-state index is 0.140. The first-order valence-corrected chi connectivity index (χ1v) is 6.14. The van der Waals surface area contributed by atoms with Gasteiger partial charge >= 0.3 is 11.7 Å². The quantitative estimate of drug-likeness (QED) is 0.873. The highest BCUT2D eigenvalue weighted by atomic mass is 32.2. The van der Waals surface area contributed by atoms with Gasteiger partial charge in [-0.1, -0.05) is 0 Å². The van der Waals surface area contributed by atoms with Crippen molar-refractivity contribution in [2.45, 2.75) is 16.6 Å². The monoisotopic (exact) mass is 307 g/mol. The number of nitrogens with one attached hydrogen (secondary N) is 1. The first-order chi connectivity index (χ1) is 8.43. The molecule has 0 aromatic heterocycles. The highest BCUT2D eigenvalue weighted by Gasteiger charge is 2.46. The SMILES string of the molecule is O=S(=O)(c1ccc(NCC(F)(F)F)cc1)C(F)(F)F. The van der Waals surface area contributed by atoms with E-state index in [1.54, 1.807) is 0 Å². The van der Waals surface area contributed by atoms with E-state index in [-0.39, 0.29) is 5.69 Å². The molecule has 1 aromatic rings. The van der Waals surface area contributed by atoms with Gasteiger partial charge in [0.1, 0.15) is 6.54 Å². The van der Waals surface area contributed by atoms with E-state index >= 15 is 0 Å². The van der Waals surface area contributed by atoms with Crippen LogP contribution in [0, 0.1) is 0 Å². The van der Waals surface area contributed by atoms with Crippen LogP contribution in [0.3, 0.4) is 0 Å². The van der Waals surface area contributed by atoms with Crippen molar-refractivity contribution in [3.63, 3.8) is 0 Å². The minimum atomic E-state index is -5.49. The van der Waals surface area contributed by atoms with Crippen LogP contribution < -0.4 is 5.32 Å². The highest BCUT2D eigenvalue weighted by molar-refractivity contribution is 7.92. The summed E-state index contributed by atoms with van der Waals surface area (Å²) in [5.74, 6) is 0. The van der Waals surface area contributed by atoms with Crippen LogP contribution in [0.4, 0.5) is 32.0 Å². The molecule has 1 rings (SSSR count). The van der Waals surface area contributed by atoms with E-state index in [0.717, 1.165) is 12.1 Å². The van der Waals surface area contributed by atoms with Gasteiger partial charge < -0.3 is 5.32 Å². The van der Waals surface area contributed by atoms with Crippen LogP contribution >= 0.6 is 0 Å². The minimum Gasteiger partial charge on any atom is -0.376 e. The maximum atomic E-state index is 12.2. The third-order valence-corrected chi connectivity index (χ3v) is 3.46. The van der Waals surface area contributed by atoms with Gasteiger partial charge in [0.2, 0.25) is 0 Å². The van der Waals surface area contributed by atoms with Gasteiger partial charge in [-0.15, -0.1) is 0 Å². The Morgan fingerprint density at radius 2 is 1.42 bits per heavy atom. The fourth-order valence-corrected chi connectivity index (χ4v) is 1.85. The third-order valence-electron chi connectivity index (χ3n) is 1.96. The predicted molar refractivity (Wildman–Crippen MR) is 54.2 cm³/mol. The maximum absolute atomic E-state index is 12.2. The van der Waals surface area contributed by atoms with Crippen molar-refractivity contribution in [3.05, 3.63) is 24.3 Å². The topological polar surface area (TPSA) is 46.2 Å². The second kappa shape index (κ2) is 4.91. The van der Waals surface area contributed by atoms with E-state index in [1.807, 2.05) is 5.32 Å². The molecule has 1 N–H and O–H groups in total. The number of sulfone groups is 1. The molecule has 3 nitrogen and oxygen atoms in total. The fourth-order valence-electron chi connectivity index (χ4n) is 1.09. The lowest BCUT2D eigenvalue weighted by molar-refractivity contribution is -0.115. The molecule has 0 unspecified atom stereocenters. The molecule has 0 atom stereocenters. The molecule has 0 aliphatic carbocycles. The van der Waals surface area contributed by atoms with E-state index < -0.39 is 33.0 Å². The Bertz CT molecular complexity index is 531. The molecule has 1 aromatic carbocycles. The summed E-state index contributed by atoms with van der Waals surface area (Å²) in [4.78, 5) is -1.03. The van der Waals surface area contributed by atoms with Gasteiger partial charge in [0, 0.05) is 5.69 Å². The van der Waals surface area contributed by atoms with E-state index in [2.05, 4.69) is 0 Å². The zero-order chi connectivity index (χ0) is 14.9. The van der Waals surface area contributed by atoms with Gasteiger partial charge in [0.05, 0.1) is 4.90 Å². The Labute approximate surface area is 104 Å². The van der Waals surface area contributed by atoms with Crippen molar-refractivity contribution >= 4 is 15.5 Å². The molecule has 0 saturated heterocycles. The number of benzene rings is 1. The third kappa shape index (κ3) is 4.01. The zero-order valence-corrected chi connectivity index (χ0v) is 9.83. The van der Waals surface area contributed by atoms with Crippen molar-refractivity contribution in [1.29, 1.82) is 0 Å². The van der Waals surface area contributed by atoms with E-state index in [1.165, 1.54) is 0 Å². The summed E-state index contributed by atoms with van der Waals surface area (Å²) in [7, 11) is -5.49. The van der Waals surface area contributed by atoms with E-state index in [9.17, 15) is 34.8 Å². The summed E-state index contributed by atoms with van der Waals surface area (Å²) in [5.41, 5.74) is -5.59. The fraction of sp³-hybridized carbons (Fsp3) is 0.333. The second-order valence-electron chi connectivity index (χ2n) is 3.44. The molecule has 0 spiro atoms. The van der Waals surface area contributed by atoms with Crippen molar-refractivity contribution in [1.82, 2.24) is 0 Å². The van der Waals surface area contributed by atoms with Gasteiger partial charge in [-0.25, -0.2) is 8.42 Å². The van der Waals surface area contributed by atoms with Gasteiger partial charge in [-0.2, -0.15) is 26.3 Å². The molecule has 0 saturated carbocycles. The summed E-state index contributed by atoms with van der Waals surface area (Å²) in [6.07, 6.45) is -4.49. The Morgan fingerprint density at radius 1 is 0.947 bits per heavy atom. The summed E-state index contributed by atoms with van der Waals surface area (Å²) in [6.45, 7) is -1.38. The molecule has 10 heteroatoms. The first-order valence-electron chi connectivity index (χ1n) is 4.65. The molecule has 0 amide bonds.